The largest absolute Gasteiger partial charge is 0.507 e. The first-order valence-corrected chi connectivity index (χ1v) is 9.25. The van der Waals surface area contributed by atoms with Crippen LogP contribution in [0.2, 0.25) is 0 Å². The number of nitrogens with zero attached hydrogens (tertiary/aromatic N) is 2. The number of hydrogen-bond donors (Lipinski definition) is 1. The minimum atomic E-state index is -1.21. The molecule has 1 unspecified atom stereocenters. The van der Waals surface area contributed by atoms with Crippen LogP contribution >= 0.6 is 0 Å². The zero-order valence-electron chi connectivity index (χ0n) is 15.9. The molecule has 31 heavy (non-hydrogen) atoms. The van der Waals surface area contributed by atoms with Crippen molar-refractivity contribution in [2.24, 2.45) is 0 Å². The Morgan fingerprint density at radius 1 is 0.935 bits per heavy atom. The second-order valence-electron chi connectivity index (χ2n) is 6.83. The molecule has 1 fully saturated rings. The Balaban J connectivity index is 1.93. The summed E-state index contributed by atoms with van der Waals surface area (Å²) in [5.41, 5.74) is -0.00707. The maximum Gasteiger partial charge on any atom is 0.300 e. The molecule has 8 heteroatoms. The van der Waals surface area contributed by atoms with Crippen LogP contribution in [0.5, 0.6) is 0 Å². The number of non-ortho nitro benzene ring substituents is 1. The van der Waals surface area contributed by atoms with Crippen LogP contribution in [0, 0.1) is 15.9 Å². The van der Waals surface area contributed by atoms with E-state index < -0.39 is 34.2 Å². The fourth-order valence-corrected chi connectivity index (χ4v) is 3.58. The monoisotopic (exact) mass is 418 g/mol. The van der Waals surface area contributed by atoms with Gasteiger partial charge >= 0.3 is 0 Å². The van der Waals surface area contributed by atoms with Crippen molar-refractivity contribution in [2.45, 2.75) is 6.04 Å². The number of carbonyl (C=O) groups excluding carboxylic acids is 2. The maximum atomic E-state index is 14.7. The van der Waals surface area contributed by atoms with Crippen LogP contribution in [0.25, 0.3) is 5.76 Å². The van der Waals surface area contributed by atoms with Gasteiger partial charge in [-0.1, -0.05) is 36.4 Å². The van der Waals surface area contributed by atoms with Gasteiger partial charge in [-0.2, -0.15) is 0 Å². The molecule has 7 nitrogen and oxygen atoms in total. The lowest BCUT2D eigenvalue weighted by Crippen LogP contribution is -2.29. The van der Waals surface area contributed by atoms with Gasteiger partial charge in [-0.05, 0) is 30.3 Å². The molecule has 0 bridgehead atoms. The van der Waals surface area contributed by atoms with Crippen LogP contribution in [-0.4, -0.2) is 21.7 Å². The molecule has 0 aromatic heterocycles. The van der Waals surface area contributed by atoms with Crippen molar-refractivity contribution >= 4 is 28.8 Å². The molecule has 1 atom stereocenters. The Morgan fingerprint density at radius 2 is 1.55 bits per heavy atom. The van der Waals surface area contributed by atoms with Gasteiger partial charge in [0.1, 0.15) is 11.6 Å². The summed E-state index contributed by atoms with van der Waals surface area (Å²) in [6, 6.07) is 17.6. The van der Waals surface area contributed by atoms with E-state index in [-0.39, 0.29) is 22.4 Å². The van der Waals surface area contributed by atoms with E-state index in [0.717, 1.165) is 4.90 Å². The predicted molar refractivity (Wildman–Crippen MR) is 111 cm³/mol. The number of Topliss-reactive ketones (excluding diaryl/α,β-unsaturated/α-hetero) is 1. The van der Waals surface area contributed by atoms with E-state index in [1.54, 1.807) is 36.4 Å². The molecule has 4 rings (SSSR count). The number of carbonyl (C=O) groups is 2. The quantitative estimate of drug-likeness (QED) is 0.223. The number of anilines is 1. The SMILES string of the molecule is O=C1C(=O)N(c2ccccc2)C(c2ccccc2F)/C1=C(\O)c1ccc([N+](=O)[O-])cc1. The molecular weight excluding hydrogens is 403 g/mol. The number of hydrogen-bond acceptors (Lipinski definition) is 5. The molecule has 3 aromatic rings. The van der Waals surface area contributed by atoms with Crippen LogP contribution in [0.3, 0.4) is 0 Å². The highest BCUT2D eigenvalue weighted by Crippen LogP contribution is 2.42. The molecule has 0 spiro atoms. The fraction of sp³-hybridized carbons (Fsp3) is 0.0435. The van der Waals surface area contributed by atoms with E-state index in [1.807, 2.05) is 0 Å². The highest BCUT2D eigenvalue weighted by atomic mass is 19.1. The number of nitro groups is 1. The van der Waals surface area contributed by atoms with Crippen LogP contribution in [0.1, 0.15) is 17.2 Å². The molecule has 0 aliphatic carbocycles. The normalized spacial score (nSPS) is 17.7. The van der Waals surface area contributed by atoms with E-state index in [4.69, 9.17) is 0 Å². The predicted octanol–water partition coefficient (Wildman–Crippen LogP) is 4.36. The van der Waals surface area contributed by atoms with Gasteiger partial charge in [0.05, 0.1) is 16.5 Å². The molecule has 1 aliphatic rings. The van der Waals surface area contributed by atoms with Crippen molar-refractivity contribution < 1.29 is 24.0 Å². The Hall–Kier alpha value is -4.33. The average molecular weight is 418 g/mol. The zero-order valence-corrected chi connectivity index (χ0v) is 15.9. The topological polar surface area (TPSA) is 101 Å². The summed E-state index contributed by atoms with van der Waals surface area (Å²) in [5, 5.41) is 21.8. The van der Waals surface area contributed by atoms with Gasteiger partial charge in [-0.25, -0.2) is 4.39 Å². The van der Waals surface area contributed by atoms with Crippen LogP contribution in [-0.2, 0) is 9.59 Å². The van der Waals surface area contributed by atoms with Gasteiger partial charge in [-0.3, -0.25) is 24.6 Å². The first kappa shape index (κ1) is 20.0. The minimum Gasteiger partial charge on any atom is -0.507 e. The summed E-state index contributed by atoms with van der Waals surface area (Å²) in [6.07, 6.45) is 0. The van der Waals surface area contributed by atoms with Gasteiger partial charge < -0.3 is 5.11 Å². The number of benzene rings is 3. The molecule has 1 amide bonds. The third-order valence-corrected chi connectivity index (χ3v) is 5.03. The third kappa shape index (κ3) is 3.44. The van der Waals surface area contributed by atoms with Crippen molar-refractivity contribution in [1.82, 2.24) is 0 Å². The molecular formula is C23H15FN2O5. The Bertz CT molecular complexity index is 1220. The molecule has 1 N–H and O–H groups in total. The number of aliphatic hydroxyl groups excluding tert-OH is 1. The van der Waals surface area contributed by atoms with Crippen molar-refractivity contribution in [3.05, 3.63) is 111 Å². The van der Waals surface area contributed by atoms with Crippen molar-refractivity contribution in [1.29, 1.82) is 0 Å². The molecule has 1 aliphatic heterocycles. The Labute approximate surface area is 175 Å². The third-order valence-electron chi connectivity index (χ3n) is 5.03. The van der Waals surface area contributed by atoms with E-state index in [0.29, 0.717) is 5.69 Å². The molecule has 1 saturated heterocycles. The number of ketones is 1. The molecule has 3 aromatic carbocycles. The summed E-state index contributed by atoms with van der Waals surface area (Å²) in [4.78, 5) is 37.3. The van der Waals surface area contributed by atoms with Crippen molar-refractivity contribution in [3.63, 3.8) is 0 Å². The summed E-state index contributed by atoms with van der Waals surface area (Å²) in [7, 11) is 0. The molecule has 154 valence electrons. The summed E-state index contributed by atoms with van der Waals surface area (Å²) in [5.74, 6) is -3.08. The fourth-order valence-electron chi connectivity index (χ4n) is 3.58. The summed E-state index contributed by atoms with van der Waals surface area (Å²) >= 11 is 0. The summed E-state index contributed by atoms with van der Waals surface area (Å²) in [6.45, 7) is 0. The number of rotatable bonds is 4. The van der Waals surface area contributed by atoms with Crippen molar-refractivity contribution in [2.75, 3.05) is 4.90 Å². The smallest absolute Gasteiger partial charge is 0.300 e. The van der Waals surface area contributed by atoms with E-state index in [9.17, 15) is 29.2 Å². The second-order valence-corrected chi connectivity index (χ2v) is 6.83. The van der Waals surface area contributed by atoms with Gasteiger partial charge in [0.25, 0.3) is 17.4 Å². The number of para-hydroxylation sites is 1. The lowest BCUT2D eigenvalue weighted by Gasteiger charge is -2.25. The Kier molecular flexibility index (Phi) is 5.04. The van der Waals surface area contributed by atoms with Gasteiger partial charge in [0.2, 0.25) is 0 Å². The maximum absolute atomic E-state index is 14.7. The first-order valence-electron chi connectivity index (χ1n) is 9.25. The van der Waals surface area contributed by atoms with Crippen LogP contribution < -0.4 is 4.90 Å². The van der Waals surface area contributed by atoms with Crippen molar-refractivity contribution in [3.8, 4) is 0 Å². The lowest BCUT2D eigenvalue weighted by molar-refractivity contribution is -0.384. The highest BCUT2D eigenvalue weighted by molar-refractivity contribution is 6.51. The Morgan fingerprint density at radius 3 is 2.16 bits per heavy atom. The number of nitro benzene ring substituents is 1. The van der Waals surface area contributed by atoms with E-state index >= 15 is 0 Å². The standard InChI is InChI=1S/C23H15FN2O5/c24-18-9-5-4-8-17(18)20-19(21(27)14-10-12-16(13-11-14)26(30)31)22(28)23(29)25(20)15-6-2-1-3-7-15/h1-13,20,27H/b21-19+. The first-order chi connectivity index (χ1) is 14.9. The number of aliphatic hydroxyl groups is 1. The van der Waals surface area contributed by atoms with Crippen LogP contribution in [0.4, 0.5) is 15.8 Å². The lowest BCUT2D eigenvalue weighted by atomic mass is 9.94. The van der Waals surface area contributed by atoms with Gasteiger partial charge in [-0.15, -0.1) is 0 Å². The summed E-state index contributed by atoms with van der Waals surface area (Å²) < 4.78 is 14.7. The second kappa shape index (κ2) is 7.83. The van der Waals surface area contributed by atoms with Gasteiger partial charge in [0, 0.05) is 28.9 Å². The highest BCUT2D eigenvalue weighted by Gasteiger charge is 2.47. The molecule has 0 saturated carbocycles. The average Bonchev–Trinajstić information content (AvgIpc) is 3.04. The number of halogens is 1. The minimum absolute atomic E-state index is 0.0361. The van der Waals surface area contributed by atoms with E-state index in [1.165, 1.54) is 42.5 Å². The zero-order chi connectivity index (χ0) is 22.1. The van der Waals surface area contributed by atoms with Crippen LogP contribution in [0.15, 0.2) is 84.4 Å². The van der Waals surface area contributed by atoms with E-state index in [2.05, 4.69) is 0 Å². The molecule has 1 heterocycles. The molecule has 0 radical (unpaired) electrons. The van der Waals surface area contributed by atoms with Gasteiger partial charge in [0.15, 0.2) is 0 Å². The number of amides is 1.